The zero-order chi connectivity index (χ0) is 20.1. The van der Waals surface area contributed by atoms with Crippen LogP contribution in [-0.4, -0.2) is 96.3 Å². The summed E-state index contributed by atoms with van der Waals surface area (Å²) in [5.41, 5.74) is 2.02. The smallest absolute Gasteiger partial charge is 0.152 e. The van der Waals surface area contributed by atoms with Crippen molar-refractivity contribution in [2.45, 2.75) is 33.9 Å². The lowest BCUT2D eigenvalue weighted by molar-refractivity contribution is -0.127. The maximum absolute atomic E-state index is 12.7. The molecule has 6 nitrogen and oxygen atoms in total. The molecule has 3 aliphatic rings. The van der Waals surface area contributed by atoms with E-state index in [1.165, 1.54) is 0 Å². The molecule has 4 rings (SSSR count). The Bertz CT molecular complexity index is 619. The van der Waals surface area contributed by atoms with E-state index in [0.29, 0.717) is 12.3 Å². The molecule has 2 unspecified atom stereocenters. The normalized spacial score (nSPS) is 25.9. The Labute approximate surface area is 170 Å². The molecule has 1 fully saturated rings. The molecule has 0 aliphatic carbocycles. The summed E-state index contributed by atoms with van der Waals surface area (Å²) in [4.78, 5) is 27.4. The van der Waals surface area contributed by atoms with Gasteiger partial charge in [0.15, 0.2) is 5.78 Å². The number of nitrogens with zero attached hydrogens (tertiary/aromatic N) is 5. The largest absolute Gasteiger partial charge is 0.304 e. The van der Waals surface area contributed by atoms with Crippen molar-refractivity contribution < 1.29 is 4.79 Å². The van der Waals surface area contributed by atoms with Crippen LogP contribution in [0.5, 0.6) is 0 Å². The molecule has 1 aromatic heterocycles. The third kappa shape index (κ3) is 6.34. The Balaban J connectivity index is 1.82. The minimum Gasteiger partial charge on any atom is -0.304 e. The van der Waals surface area contributed by atoms with Crippen molar-refractivity contribution in [3.05, 3.63) is 29.6 Å². The fourth-order valence-electron chi connectivity index (χ4n) is 3.72. The standard InChI is InChI=1S/C22H37N5O/c1-22(2,3)21(28)18-27-14-12-25-10-8-24(4)9-11-26(13-15-27)17-20-7-5-6-19(16-25)23-20/h5-7H,8-18H2,1-4H3. The lowest BCUT2D eigenvalue weighted by Crippen LogP contribution is -2.47. The highest BCUT2D eigenvalue weighted by Crippen LogP contribution is 2.16. The van der Waals surface area contributed by atoms with Gasteiger partial charge in [-0.2, -0.15) is 0 Å². The molecule has 0 amide bonds. The third-order valence-corrected chi connectivity index (χ3v) is 5.90. The van der Waals surface area contributed by atoms with E-state index < -0.39 is 0 Å². The van der Waals surface area contributed by atoms with Gasteiger partial charge in [-0.05, 0) is 19.2 Å². The maximum Gasteiger partial charge on any atom is 0.152 e. The van der Waals surface area contributed by atoms with Crippen LogP contribution in [0.1, 0.15) is 32.2 Å². The number of pyridine rings is 1. The van der Waals surface area contributed by atoms with Crippen molar-refractivity contribution in [3.8, 4) is 0 Å². The van der Waals surface area contributed by atoms with Gasteiger partial charge in [0.05, 0.1) is 17.9 Å². The number of hydrogen-bond acceptors (Lipinski definition) is 6. The topological polar surface area (TPSA) is 42.9 Å². The Morgan fingerprint density at radius 3 is 1.89 bits per heavy atom. The van der Waals surface area contributed by atoms with Gasteiger partial charge >= 0.3 is 0 Å². The van der Waals surface area contributed by atoms with Gasteiger partial charge in [-0.15, -0.1) is 0 Å². The van der Waals surface area contributed by atoms with Crippen LogP contribution in [0, 0.1) is 5.41 Å². The van der Waals surface area contributed by atoms with Crippen molar-refractivity contribution in [2.75, 3.05) is 66.0 Å². The number of carbonyl (C=O) groups excluding carboxylic acids is 1. The van der Waals surface area contributed by atoms with E-state index in [0.717, 1.165) is 76.8 Å². The number of ketones is 1. The van der Waals surface area contributed by atoms with E-state index in [9.17, 15) is 4.79 Å². The van der Waals surface area contributed by atoms with Crippen LogP contribution in [0.3, 0.4) is 0 Å². The van der Waals surface area contributed by atoms with Gasteiger partial charge in [0.1, 0.15) is 0 Å². The summed E-state index contributed by atoms with van der Waals surface area (Å²) < 4.78 is 0. The first kappa shape index (κ1) is 21.4. The summed E-state index contributed by atoms with van der Waals surface area (Å²) in [5, 5.41) is 0. The van der Waals surface area contributed by atoms with Crippen LogP contribution < -0.4 is 0 Å². The summed E-state index contributed by atoms with van der Waals surface area (Å²) in [6, 6.07) is 6.43. The predicted molar refractivity (Wildman–Crippen MR) is 113 cm³/mol. The summed E-state index contributed by atoms with van der Waals surface area (Å²) in [7, 11) is 2.22. The number of likely N-dealkylation sites (N-methyl/N-ethyl adjacent to an activating group) is 1. The second-order valence-corrected chi connectivity index (χ2v) is 9.43. The Kier molecular flexibility index (Phi) is 7.20. The second kappa shape index (κ2) is 9.44. The predicted octanol–water partition coefficient (Wildman–Crippen LogP) is 1.56. The first-order valence-electron chi connectivity index (χ1n) is 10.6. The minimum absolute atomic E-state index is 0.279. The van der Waals surface area contributed by atoms with E-state index in [4.69, 9.17) is 4.98 Å². The monoisotopic (exact) mass is 387 g/mol. The number of carbonyl (C=O) groups is 1. The lowest BCUT2D eigenvalue weighted by atomic mass is 9.90. The highest BCUT2D eigenvalue weighted by molar-refractivity contribution is 5.85. The third-order valence-electron chi connectivity index (χ3n) is 5.90. The molecule has 1 aromatic rings. The fourth-order valence-corrected chi connectivity index (χ4v) is 3.72. The average Bonchev–Trinajstić information content (AvgIpc) is 2.63. The van der Waals surface area contributed by atoms with E-state index in [1.54, 1.807) is 0 Å². The number of Topliss-reactive ketones (excluding diaryl/α,β-unsaturated/α-hetero) is 1. The van der Waals surface area contributed by atoms with Gasteiger partial charge in [0.25, 0.3) is 0 Å². The number of fused-ring (bicyclic) bond motifs is 8. The molecule has 4 bridgehead atoms. The molecular formula is C22H37N5O. The first-order chi connectivity index (χ1) is 13.3. The van der Waals surface area contributed by atoms with Crippen LogP contribution in [0.15, 0.2) is 18.2 Å². The zero-order valence-corrected chi connectivity index (χ0v) is 18.2. The second-order valence-electron chi connectivity index (χ2n) is 9.43. The Morgan fingerprint density at radius 1 is 0.893 bits per heavy atom. The minimum atomic E-state index is -0.279. The van der Waals surface area contributed by atoms with Gasteiger partial charge in [0.2, 0.25) is 0 Å². The molecule has 0 saturated carbocycles. The molecule has 6 heteroatoms. The highest BCUT2D eigenvalue weighted by atomic mass is 16.1. The van der Waals surface area contributed by atoms with Gasteiger partial charge in [-0.3, -0.25) is 24.5 Å². The molecule has 1 saturated heterocycles. The van der Waals surface area contributed by atoms with E-state index in [-0.39, 0.29) is 5.41 Å². The maximum atomic E-state index is 12.7. The first-order valence-corrected chi connectivity index (χ1v) is 10.6. The molecule has 28 heavy (non-hydrogen) atoms. The van der Waals surface area contributed by atoms with E-state index >= 15 is 0 Å². The summed E-state index contributed by atoms with van der Waals surface area (Å²) in [6.07, 6.45) is 0. The van der Waals surface area contributed by atoms with Crippen LogP contribution in [-0.2, 0) is 17.9 Å². The fraction of sp³-hybridized carbons (Fsp3) is 0.727. The van der Waals surface area contributed by atoms with Crippen molar-refractivity contribution in [1.82, 2.24) is 24.6 Å². The molecule has 0 radical (unpaired) electrons. The summed E-state index contributed by atoms with van der Waals surface area (Å²) >= 11 is 0. The van der Waals surface area contributed by atoms with Gasteiger partial charge in [-0.1, -0.05) is 26.8 Å². The van der Waals surface area contributed by atoms with Gasteiger partial charge < -0.3 is 4.90 Å². The highest BCUT2D eigenvalue weighted by Gasteiger charge is 2.25. The molecule has 156 valence electrons. The van der Waals surface area contributed by atoms with E-state index in [2.05, 4.69) is 44.8 Å². The van der Waals surface area contributed by atoms with E-state index in [1.807, 2.05) is 20.8 Å². The molecule has 2 atom stereocenters. The number of rotatable bonds is 2. The Morgan fingerprint density at radius 2 is 1.39 bits per heavy atom. The van der Waals surface area contributed by atoms with Crippen LogP contribution in [0.2, 0.25) is 0 Å². The summed E-state index contributed by atoms with van der Waals surface area (Å²) in [5.74, 6) is 0.330. The van der Waals surface area contributed by atoms with Crippen molar-refractivity contribution in [2.24, 2.45) is 5.41 Å². The van der Waals surface area contributed by atoms with Crippen molar-refractivity contribution >= 4 is 5.78 Å². The number of hydrogen-bond donors (Lipinski definition) is 0. The van der Waals surface area contributed by atoms with Crippen LogP contribution >= 0.6 is 0 Å². The van der Waals surface area contributed by atoms with Crippen molar-refractivity contribution in [3.63, 3.8) is 0 Å². The molecule has 3 aliphatic heterocycles. The number of aromatic nitrogens is 1. The average molecular weight is 388 g/mol. The molecule has 0 N–H and O–H groups in total. The quantitative estimate of drug-likeness (QED) is 0.767. The molecule has 0 spiro atoms. The lowest BCUT2D eigenvalue weighted by Gasteiger charge is -2.34. The van der Waals surface area contributed by atoms with Crippen LogP contribution in [0.4, 0.5) is 0 Å². The zero-order valence-electron chi connectivity index (χ0n) is 18.2. The molecule has 4 heterocycles. The van der Waals surface area contributed by atoms with Crippen molar-refractivity contribution in [1.29, 1.82) is 0 Å². The molecular weight excluding hydrogens is 350 g/mol. The molecule has 0 aromatic carbocycles. The SMILES string of the molecule is CN1CCN2CCN(CC(=O)C(C)(C)C)CCN(CC1)Cc1cccc(n1)C2. The van der Waals surface area contributed by atoms with Gasteiger partial charge in [-0.25, -0.2) is 0 Å². The summed E-state index contributed by atoms with van der Waals surface area (Å²) in [6.45, 7) is 16.4. The van der Waals surface area contributed by atoms with Gasteiger partial charge in [0, 0.05) is 70.9 Å². The Hall–Kier alpha value is -1.34. The van der Waals surface area contributed by atoms with Crippen LogP contribution in [0.25, 0.3) is 0 Å².